The van der Waals surface area contributed by atoms with E-state index in [1.165, 1.54) is 6.92 Å². The number of pyridine rings is 1. The average Bonchev–Trinajstić information content (AvgIpc) is 3.10. The molecule has 0 aliphatic rings. The van der Waals surface area contributed by atoms with Crippen LogP contribution < -0.4 is 5.56 Å². The summed E-state index contributed by atoms with van der Waals surface area (Å²) in [5.41, 5.74) is 1.04. The first kappa shape index (κ1) is 21.6. The van der Waals surface area contributed by atoms with Gasteiger partial charge in [0.25, 0.3) is 5.56 Å². The maximum Gasteiger partial charge on any atom is 0.272 e. The van der Waals surface area contributed by atoms with Crippen molar-refractivity contribution in [2.24, 2.45) is 0 Å². The Morgan fingerprint density at radius 1 is 1.16 bits per heavy atom. The molecule has 0 aliphatic heterocycles. The molecule has 1 N–H and O–H groups in total. The number of hydrogen-bond donors (Lipinski definition) is 1. The van der Waals surface area contributed by atoms with Crippen LogP contribution in [-0.2, 0) is 0 Å². The van der Waals surface area contributed by atoms with Gasteiger partial charge < -0.3 is 9.52 Å². The van der Waals surface area contributed by atoms with E-state index in [2.05, 4.69) is 15.9 Å². The van der Waals surface area contributed by atoms with Crippen molar-refractivity contribution < 1.29 is 14.3 Å². The molecule has 0 bridgehead atoms. The average molecular weight is 491 g/mol. The number of benzene rings is 2. The van der Waals surface area contributed by atoms with Crippen LogP contribution >= 0.6 is 15.9 Å². The van der Waals surface area contributed by atoms with Gasteiger partial charge in [0.05, 0.1) is 11.6 Å². The summed E-state index contributed by atoms with van der Waals surface area (Å²) in [5.74, 6) is -1.03. The number of ketones is 1. The molecule has 0 fully saturated rings. The summed E-state index contributed by atoms with van der Waals surface area (Å²) in [4.78, 5) is 26.6. The smallest absolute Gasteiger partial charge is 0.272 e. The predicted octanol–water partition coefficient (Wildman–Crippen LogP) is 5.39. The highest BCUT2D eigenvalue weighted by molar-refractivity contribution is 9.10. The second kappa shape index (κ2) is 8.13. The van der Waals surface area contributed by atoms with Crippen LogP contribution in [0.2, 0.25) is 0 Å². The number of halogens is 1. The topological polar surface area (TPSA) is 96.2 Å². The molecule has 2 heterocycles. The Morgan fingerprint density at radius 3 is 2.50 bits per heavy atom. The number of nitrogens with zero attached hydrogens (tertiary/aromatic N) is 2. The maximum atomic E-state index is 13.6. The molecule has 2 aromatic heterocycles. The number of aromatic hydroxyl groups is 1. The van der Waals surface area contributed by atoms with Gasteiger partial charge in [-0.05, 0) is 50.1 Å². The first-order chi connectivity index (χ1) is 15.3. The van der Waals surface area contributed by atoms with Gasteiger partial charge in [0, 0.05) is 15.4 Å². The van der Waals surface area contributed by atoms with Gasteiger partial charge in [-0.3, -0.25) is 14.2 Å². The number of rotatable bonds is 4. The van der Waals surface area contributed by atoms with Crippen LogP contribution in [0.4, 0.5) is 0 Å². The zero-order valence-corrected chi connectivity index (χ0v) is 19.2. The van der Waals surface area contributed by atoms with Crippen LogP contribution in [0.25, 0.3) is 11.0 Å². The summed E-state index contributed by atoms with van der Waals surface area (Å²) < 4.78 is 7.72. The molecule has 0 radical (unpaired) electrons. The lowest BCUT2D eigenvalue weighted by atomic mass is 9.97. The molecule has 2 aromatic carbocycles. The van der Waals surface area contributed by atoms with Gasteiger partial charge in [0.1, 0.15) is 17.2 Å². The molecule has 0 saturated carbocycles. The van der Waals surface area contributed by atoms with E-state index in [-0.39, 0.29) is 22.5 Å². The number of aryl methyl sites for hydroxylation is 1. The molecule has 0 aliphatic carbocycles. The van der Waals surface area contributed by atoms with Crippen LogP contribution in [0.1, 0.15) is 51.3 Å². The summed E-state index contributed by atoms with van der Waals surface area (Å²) in [6.07, 6.45) is 0. The second-order valence-corrected chi connectivity index (χ2v) is 8.51. The zero-order chi connectivity index (χ0) is 23.2. The zero-order valence-electron chi connectivity index (χ0n) is 17.6. The van der Waals surface area contributed by atoms with E-state index in [1.54, 1.807) is 19.9 Å². The van der Waals surface area contributed by atoms with Crippen LogP contribution in [0.3, 0.4) is 0 Å². The lowest BCUT2D eigenvalue weighted by Crippen LogP contribution is -2.29. The summed E-state index contributed by atoms with van der Waals surface area (Å²) in [7, 11) is 0. The molecule has 32 heavy (non-hydrogen) atoms. The lowest BCUT2D eigenvalue weighted by Gasteiger charge is -2.20. The third kappa shape index (κ3) is 3.33. The number of nitriles is 1. The Hall–Kier alpha value is -3.63. The fraction of sp³-hybridized carbons (Fsp3) is 0.160. The van der Waals surface area contributed by atoms with Crippen molar-refractivity contribution in [3.8, 4) is 11.9 Å². The molecule has 4 aromatic rings. The van der Waals surface area contributed by atoms with Crippen molar-refractivity contribution in [3.05, 3.63) is 96.9 Å². The molecule has 7 heteroatoms. The molecule has 1 unspecified atom stereocenters. The first-order valence-corrected chi connectivity index (χ1v) is 10.7. The van der Waals surface area contributed by atoms with Gasteiger partial charge in [-0.15, -0.1) is 0 Å². The molecule has 0 saturated heterocycles. The quantitative estimate of drug-likeness (QED) is 0.386. The van der Waals surface area contributed by atoms with Crippen LogP contribution in [0.15, 0.2) is 62.2 Å². The van der Waals surface area contributed by atoms with Crippen molar-refractivity contribution in [1.82, 2.24) is 4.57 Å². The largest absolute Gasteiger partial charge is 0.494 e. The van der Waals surface area contributed by atoms with Gasteiger partial charge in [0.2, 0.25) is 11.7 Å². The minimum Gasteiger partial charge on any atom is -0.494 e. The first-order valence-electron chi connectivity index (χ1n) is 9.92. The summed E-state index contributed by atoms with van der Waals surface area (Å²) >= 11 is 3.39. The highest BCUT2D eigenvalue weighted by Crippen LogP contribution is 2.33. The van der Waals surface area contributed by atoms with Crippen LogP contribution in [0.5, 0.6) is 5.88 Å². The third-order valence-corrected chi connectivity index (χ3v) is 6.24. The molecule has 160 valence electrons. The number of furan rings is 1. The Bertz CT molecular complexity index is 1480. The molecule has 0 amide bonds. The number of carbonyl (C=O) groups is 1. The number of fused-ring (bicyclic) bond motifs is 1. The Balaban J connectivity index is 1.97. The van der Waals surface area contributed by atoms with Crippen LogP contribution in [0, 0.1) is 25.2 Å². The number of carbonyl (C=O) groups excluding carboxylic acids is 1. The van der Waals surface area contributed by atoms with E-state index in [0.717, 1.165) is 20.0 Å². The molecular weight excluding hydrogens is 472 g/mol. The van der Waals surface area contributed by atoms with Gasteiger partial charge in [-0.1, -0.05) is 46.3 Å². The van der Waals surface area contributed by atoms with E-state index >= 15 is 0 Å². The van der Waals surface area contributed by atoms with Crippen molar-refractivity contribution in [3.63, 3.8) is 0 Å². The number of hydrogen-bond acceptors (Lipinski definition) is 5. The summed E-state index contributed by atoms with van der Waals surface area (Å²) in [6, 6.07) is 15.8. The minimum atomic E-state index is -0.652. The molecule has 0 spiro atoms. The molecule has 1 atom stereocenters. The number of aromatic nitrogens is 1. The third-order valence-electron chi connectivity index (χ3n) is 5.75. The Labute approximate surface area is 192 Å². The highest BCUT2D eigenvalue weighted by Gasteiger charge is 2.30. The van der Waals surface area contributed by atoms with E-state index in [9.17, 15) is 20.0 Å². The van der Waals surface area contributed by atoms with Gasteiger partial charge >= 0.3 is 0 Å². The standard InChI is InChI=1S/C25H19BrN2O4/c1-13-19(12-27)24(30)28(15(3)16-7-5-4-6-8-16)25(31)21(13)22(29)23-14(2)18-10-9-17(26)11-20(18)32-23/h4-11,15,31H,1-3H3. The van der Waals surface area contributed by atoms with Crippen LogP contribution in [-0.4, -0.2) is 15.5 Å². The lowest BCUT2D eigenvalue weighted by molar-refractivity contribution is 0.100. The van der Waals surface area contributed by atoms with E-state index in [4.69, 9.17) is 4.42 Å². The van der Waals surface area contributed by atoms with E-state index in [0.29, 0.717) is 11.1 Å². The van der Waals surface area contributed by atoms with Crippen molar-refractivity contribution >= 4 is 32.7 Å². The van der Waals surface area contributed by atoms with Crippen molar-refractivity contribution in [2.45, 2.75) is 26.8 Å². The minimum absolute atomic E-state index is 0.0537. The summed E-state index contributed by atoms with van der Waals surface area (Å²) in [6.45, 7) is 4.97. The monoisotopic (exact) mass is 490 g/mol. The summed E-state index contributed by atoms with van der Waals surface area (Å²) in [5, 5.41) is 21.5. The highest BCUT2D eigenvalue weighted by atomic mass is 79.9. The fourth-order valence-electron chi connectivity index (χ4n) is 3.96. The maximum absolute atomic E-state index is 13.6. The Morgan fingerprint density at radius 2 is 1.84 bits per heavy atom. The fourth-order valence-corrected chi connectivity index (χ4v) is 4.30. The second-order valence-electron chi connectivity index (χ2n) is 7.60. The Kier molecular flexibility index (Phi) is 5.49. The van der Waals surface area contributed by atoms with E-state index in [1.807, 2.05) is 48.5 Å². The van der Waals surface area contributed by atoms with Gasteiger partial charge in [-0.25, -0.2) is 0 Å². The van der Waals surface area contributed by atoms with Gasteiger partial charge in [0.15, 0.2) is 5.76 Å². The SMILES string of the molecule is Cc1c(C(=O)c2oc3cc(Br)ccc3c2C)c(O)n(C(C)c2ccccc2)c(=O)c1C#N. The van der Waals surface area contributed by atoms with E-state index < -0.39 is 23.3 Å². The van der Waals surface area contributed by atoms with Crippen molar-refractivity contribution in [1.29, 1.82) is 5.26 Å². The normalized spacial score (nSPS) is 12.0. The molecule has 6 nitrogen and oxygen atoms in total. The molecular formula is C25H19BrN2O4. The predicted molar refractivity (Wildman–Crippen MR) is 124 cm³/mol. The van der Waals surface area contributed by atoms with Crippen molar-refractivity contribution in [2.75, 3.05) is 0 Å². The van der Waals surface area contributed by atoms with Gasteiger partial charge in [-0.2, -0.15) is 5.26 Å². The molecule has 4 rings (SSSR count).